The first-order chi connectivity index (χ1) is 22.6. The molecule has 1 aliphatic carbocycles. The number of ether oxygens (including phenoxy) is 7. The molecule has 0 bridgehead atoms. The summed E-state index contributed by atoms with van der Waals surface area (Å²) in [6.45, 7) is 22.1. The van der Waals surface area contributed by atoms with Crippen molar-refractivity contribution in [1.29, 1.82) is 0 Å². The Morgan fingerprint density at radius 1 is 0.745 bits per heavy atom. The second kappa shape index (κ2) is 19.4. The van der Waals surface area contributed by atoms with Crippen LogP contribution in [-0.4, -0.2) is 96.6 Å². The van der Waals surface area contributed by atoms with Crippen molar-refractivity contribution in [3.63, 3.8) is 0 Å². The molecule has 8 nitrogen and oxygen atoms in total. The van der Waals surface area contributed by atoms with E-state index in [2.05, 4.69) is 76.5 Å². The Kier molecular flexibility index (Phi) is 15.7. The van der Waals surface area contributed by atoms with E-state index < -0.39 is 0 Å². The Balaban J connectivity index is 1.24. The number of hydrogen-bond acceptors (Lipinski definition) is 7. The van der Waals surface area contributed by atoms with E-state index in [4.69, 9.17) is 33.2 Å². The summed E-state index contributed by atoms with van der Waals surface area (Å²) in [4.78, 5) is 0. The first kappa shape index (κ1) is 38.0. The lowest BCUT2D eigenvalue weighted by Crippen LogP contribution is -2.35. The van der Waals surface area contributed by atoms with Gasteiger partial charge in [-0.3, -0.25) is 0 Å². The number of hydrogen-bond donors (Lipinski definition) is 0. The molecule has 1 aromatic carbocycles. The number of fused-ring (bicyclic) bond motifs is 3. The van der Waals surface area contributed by atoms with Crippen LogP contribution in [0.25, 0.3) is 23.1 Å². The highest BCUT2D eigenvalue weighted by atomic mass is 16.6. The Bertz CT molecular complexity index is 1290. The standard InChI is InChI=1S/C39H63NO7/c1-38(2,3)31-11-13-34-35-14-12-32(39(4,5)6)28-37(35)40(36(34)27-31)15-9-7-8-10-16-45-29-33-30-46-24-23-43-20-19-41-17-18-42-21-22-44-25-26-47-33/h11,13-14,27-28,32-33H,7-10,12,15-26,29-30H2,1-6H3/t32-,33?/m0/s1. The molecule has 0 N–H and O–H groups in total. The van der Waals surface area contributed by atoms with Crippen LogP contribution in [-0.2, 0) is 45.1 Å². The molecule has 0 saturated carbocycles. The number of rotatable bonds is 9. The fourth-order valence-electron chi connectivity index (χ4n) is 6.16. The first-order valence-corrected chi connectivity index (χ1v) is 18.1. The number of aryl methyl sites for hydroxylation is 1. The monoisotopic (exact) mass is 657 g/mol. The SMILES string of the molecule is CC(C)(C)c1ccc2c3c(n(CCCCCCOCC4COCCOCCOCCOCCOCCO4)c2c1)=C[C@@H](C(C)(C)C)CC=3. The van der Waals surface area contributed by atoms with E-state index in [9.17, 15) is 0 Å². The summed E-state index contributed by atoms with van der Waals surface area (Å²) in [6.07, 6.45) is 10.6. The molecule has 1 saturated heterocycles. The summed E-state index contributed by atoms with van der Waals surface area (Å²) in [5, 5.41) is 4.24. The van der Waals surface area contributed by atoms with Crippen molar-refractivity contribution >= 4 is 23.1 Å². The molecule has 1 aromatic heterocycles. The predicted molar refractivity (Wildman–Crippen MR) is 190 cm³/mol. The molecular weight excluding hydrogens is 594 g/mol. The van der Waals surface area contributed by atoms with Crippen molar-refractivity contribution in [2.24, 2.45) is 11.3 Å². The van der Waals surface area contributed by atoms with Gasteiger partial charge in [-0.1, -0.05) is 78.7 Å². The molecular formula is C39H63NO7. The molecule has 2 heterocycles. The molecule has 0 spiro atoms. The molecule has 4 rings (SSSR count). The van der Waals surface area contributed by atoms with Crippen molar-refractivity contribution in [3.8, 4) is 0 Å². The molecule has 2 aromatic rings. The Morgan fingerprint density at radius 2 is 1.36 bits per heavy atom. The van der Waals surface area contributed by atoms with Crippen LogP contribution in [0.5, 0.6) is 0 Å². The minimum atomic E-state index is -0.131. The second-order valence-electron chi connectivity index (χ2n) is 15.0. The normalized spacial score (nSPS) is 21.7. The summed E-state index contributed by atoms with van der Waals surface area (Å²) < 4.78 is 42.7. The van der Waals surface area contributed by atoms with Crippen LogP contribution in [0.15, 0.2) is 18.2 Å². The van der Waals surface area contributed by atoms with Gasteiger partial charge in [-0.2, -0.15) is 0 Å². The van der Waals surface area contributed by atoms with Crippen molar-refractivity contribution in [1.82, 2.24) is 4.57 Å². The number of aromatic nitrogens is 1. The first-order valence-electron chi connectivity index (χ1n) is 18.1. The predicted octanol–water partition coefficient (Wildman–Crippen LogP) is 5.62. The van der Waals surface area contributed by atoms with Gasteiger partial charge in [-0.05, 0) is 47.6 Å². The van der Waals surface area contributed by atoms with E-state index in [1.54, 1.807) is 0 Å². The van der Waals surface area contributed by atoms with Gasteiger partial charge in [0.15, 0.2) is 0 Å². The molecule has 1 aliphatic heterocycles. The molecule has 1 unspecified atom stereocenters. The number of unbranched alkanes of at least 4 members (excludes halogenated alkanes) is 3. The van der Waals surface area contributed by atoms with Gasteiger partial charge in [0, 0.05) is 34.6 Å². The van der Waals surface area contributed by atoms with Crippen LogP contribution >= 0.6 is 0 Å². The molecule has 0 radical (unpaired) electrons. The number of benzene rings is 1. The van der Waals surface area contributed by atoms with E-state index >= 15 is 0 Å². The van der Waals surface area contributed by atoms with Crippen molar-refractivity contribution in [2.75, 3.05) is 85.9 Å². The molecule has 0 amide bonds. The average Bonchev–Trinajstić information content (AvgIpc) is 3.34. The molecule has 2 atom stereocenters. The smallest absolute Gasteiger partial charge is 0.104 e. The maximum absolute atomic E-state index is 6.05. The van der Waals surface area contributed by atoms with Gasteiger partial charge in [0.2, 0.25) is 0 Å². The molecule has 8 heteroatoms. The molecule has 2 aliphatic rings. The van der Waals surface area contributed by atoms with Crippen molar-refractivity contribution in [3.05, 3.63) is 34.3 Å². The highest BCUT2D eigenvalue weighted by molar-refractivity contribution is 5.83. The third-order valence-corrected chi connectivity index (χ3v) is 9.16. The summed E-state index contributed by atoms with van der Waals surface area (Å²) >= 11 is 0. The summed E-state index contributed by atoms with van der Waals surface area (Å²) in [6, 6.07) is 7.13. The zero-order valence-electron chi connectivity index (χ0n) is 30.3. The lowest BCUT2D eigenvalue weighted by Gasteiger charge is -2.28. The molecule has 47 heavy (non-hydrogen) atoms. The van der Waals surface area contributed by atoms with Crippen molar-refractivity contribution < 1.29 is 33.2 Å². The Labute approximate surface area is 283 Å². The van der Waals surface area contributed by atoms with Crippen LogP contribution in [0.3, 0.4) is 0 Å². The van der Waals surface area contributed by atoms with Crippen LogP contribution in [0.2, 0.25) is 0 Å². The average molecular weight is 658 g/mol. The van der Waals surface area contributed by atoms with Crippen LogP contribution in [0, 0.1) is 11.3 Å². The van der Waals surface area contributed by atoms with Crippen molar-refractivity contribution in [2.45, 2.75) is 91.7 Å². The van der Waals surface area contributed by atoms with Crippen LogP contribution in [0.1, 0.15) is 79.2 Å². The summed E-state index contributed by atoms with van der Waals surface area (Å²) in [7, 11) is 0. The zero-order chi connectivity index (χ0) is 33.5. The van der Waals surface area contributed by atoms with Gasteiger partial charge in [0.05, 0.1) is 79.3 Å². The van der Waals surface area contributed by atoms with E-state index in [0.717, 1.165) is 38.8 Å². The van der Waals surface area contributed by atoms with E-state index in [1.807, 2.05) is 0 Å². The molecule has 1 fully saturated rings. The lowest BCUT2D eigenvalue weighted by atomic mass is 9.77. The third-order valence-electron chi connectivity index (χ3n) is 9.16. The maximum Gasteiger partial charge on any atom is 0.104 e. The van der Waals surface area contributed by atoms with Gasteiger partial charge in [-0.25, -0.2) is 0 Å². The summed E-state index contributed by atoms with van der Waals surface area (Å²) in [5.74, 6) is 0.551. The van der Waals surface area contributed by atoms with Gasteiger partial charge in [0.25, 0.3) is 0 Å². The van der Waals surface area contributed by atoms with Gasteiger partial charge in [0.1, 0.15) is 6.10 Å². The fraction of sp³-hybridized carbons (Fsp3) is 0.744. The van der Waals surface area contributed by atoms with E-state index in [1.165, 1.54) is 33.5 Å². The van der Waals surface area contributed by atoms with Gasteiger partial charge >= 0.3 is 0 Å². The quantitative estimate of drug-likeness (QED) is 0.324. The van der Waals surface area contributed by atoms with Gasteiger partial charge in [-0.15, -0.1) is 0 Å². The minimum absolute atomic E-state index is 0.125. The van der Waals surface area contributed by atoms with Gasteiger partial charge < -0.3 is 37.7 Å². The minimum Gasteiger partial charge on any atom is -0.379 e. The molecule has 266 valence electrons. The topological polar surface area (TPSA) is 69.5 Å². The van der Waals surface area contributed by atoms with Crippen LogP contribution < -0.4 is 10.6 Å². The maximum atomic E-state index is 6.05. The Morgan fingerprint density at radius 3 is 2.00 bits per heavy atom. The Hall–Kier alpha value is -1.78. The largest absolute Gasteiger partial charge is 0.379 e. The highest BCUT2D eigenvalue weighted by Crippen LogP contribution is 2.32. The number of nitrogens with zero attached hydrogens (tertiary/aromatic N) is 1. The van der Waals surface area contributed by atoms with E-state index in [0.29, 0.717) is 85.2 Å². The third kappa shape index (κ3) is 12.6. The van der Waals surface area contributed by atoms with E-state index in [-0.39, 0.29) is 16.9 Å². The van der Waals surface area contributed by atoms with Crippen LogP contribution in [0.4, 0.5) is 0 Å². The second-order valence-corrected chi connectivity index (χ2v) is 15.0. The fourth-order valence-corrected chi connectivity index (χ4v) is 6.16. The summed E-state index contributed by atoms with van der Waals surface area (Å²) in [5.41, 5.74) is 3.16. The highest BCUT2D eigenvalue weighted by Gasteiger charge is 2.25. The zero-order valence-corrected chi connectivity index (χ0v) is 30.3. The lowest BCUT2D eigenvalue weighted by molar-refractivity contribution is -0.0846.